The number of aryl methyl sites for hydroxylation is 1. The van der Waals surface area contributed by atoms with Gasteiger partial charge >= 0.3 is 0 Å². The average molecular weight is 335 g/mol. The van der Waals surface area contributed by atoms with Gasteiger partial charge < -0.3 is 10.6 Å². The van der Waals surface area contributed by atoms with Crippen molar-refractivity contribution in [3.8, 4) is 0 Å². The van der Waals surface area contributed by atoms with E-state index in [1.165, 1.54) is 0 Å². The molecule has 1 aromatic heterocycles. The molecule has 2 rings (SSSR count). The number of aromatic nitrogens is 1. The Morgan fingerprint density at radius 2 is 2.22 bits per heavy atom. The number of hydrogen-bond donors (Lipinski definition) is 1. The van der Waals surface area contributed by atoms with Crippen LogP contribution in [0.5, 0.6) is 0 Å². The summed E-state index contributed by atoms with van der Waals surface area (Å²) in [5.74, 6) is 1.05. The lowest BCUT2D eigenvalue weighted by molar-refractivity contribution is -0.119. The molecule has 0 aliphatic carbocycles. The second kappa shape index (κ2) is 5.89. The van der Waals surface area contributed by atoms with Crippen LogP contribution in [0.4, 0.5) is 5.82 Å². The zero-order chi connectivity index (χ0) is 12.6. The number of nitrogens with zero attached hydrogens (tertiary/aromatic N) is 2. The van der Waals surface area contributed by atoms with Crippen molar-refractivity contribution < 1.29 is 4.79 Å². The fraction of sp³-hybridized carbons (Fsp3) is 0.500. The smallest absolute Gasteiger partial charge is 0.240 e. The zero-order valence-electron chi connectivity index (χ0n) is 10.4. The summed E-state index contributed by atoms with van der Waals surface area (Å²) in [4.78, 5) is 17.9. The van der Waals surface area contributed by atoms with E-state index in [1.807, 2.05) is 24.0 Å². The quantitative estimate of drug-likeness (QED) is 0.844. The van der Waals surface area contributed by atoms with Gasteiger partial charge in [-0.1, -0.05) is 13.0 Å². The molecule has 0 bridgehead atoms. The molecule has 1 fully saturated rings. The minimum Gasteiger partial charge on any atom is -0.368 e. The predicted octanol–water partition coefficient (Wildman–Crippen LogP) is 2.27. The lowest BCUT2D eigenvalue weighted by Crippen LogP contribution is -2.41. The molecular formula is C12H17BrClN3O. The Labute approximate surface area is 121 Å². The summed E-state index contributed by atoms with van der Waals surface area (Å²) in [5, 5.41) is 0. The van der Waals surface area contributed by atoms with Crippen LogP contribution in [0.15, 0.2) is 16.7 Å². The minimum absolute atomic E-state index is 0. The fourth-order valence-electron chi connectivity index (χ4n) is 2.34. The van der Waals surface area contributed by atoms with Gasteiger partial charge in [0.25, 0.3) is 0 Å². The summed E-state index contributed by atoms with van der Waals surface area (Å²) in [6.07, 6.45) is 0.808. The van der Waals surface area contributed by atoms with Gasteiger partial charge in [-0.2, -0.15) is 0 Å². The normalized spacial score (nSPS) is 22.7. The molecule has 18 heavy (non-hydrogen) atoms. The summed E-state index contributed by atoms with van der Waals surface area (Å²) < 4.78 is 0.779. The highest BCUT2D eigenvalue weighted by Crippen LogP contribution is 2.30. The van der Waals surface area contributed by atoms with Gasteiger partial charge in [-0.25, -0.2) is 4.98 Å². The molecule has 1 aromatic rings. The molecule has 2 N–H and O–H groups in total. The van der Waals surface area contributed by atoms with E-state index in [2.05, 4.69) is 27.8 Å². The van der Waals surface area contributed by atoms with Crippen LogP contribution in [-0.2, 0) is 4.79 Å². The SMILES string of the molecule is Cc1ccc(Br)nc1N1CC(C)CC1C(N)=O.Cl. The van der Waals surface area contributed by atoms with Crippen LogP contribution in [0, 0.1) is 12.8 Å². The zero-order valence-corrected chi connectivity index (χ0v) is 12.8. The molecule has 0 saturated carbocycles. The van der Waals surface area contributed by atoms with Crippen LogP contribution in [0.1, 0.15) is 18.9 Å². The monoisotopic (exact) mass is 333 g/mol. The Hall–Kier alpha value is -0.810. The molecule has 2 unspecified atom stereocenters. The largest absolute Gasteiger partial charge is 0.368 e. The van der Waals surface area contributed by atoms with Crippen LogP contribution in [0.25, 0.3) is 0 Å². The highest BCUT2D eigenvalue weighted by molar-refractivity contribution is 9.10. The lowest BCUT2D eigenvalue weighted by Gasteiger charge is -2.25. The van der Waals surface area contributed by atoms with Crippen molar-refractivity contribution in [3.63, 3.8) is 0 Å². The second-order valence-electron chi connectivity index (χ2n) is 4.69. The lowest BCUT2D eigenvalue weighted by atomic mass is 10.1. The number of primary amides is 1. The summed E-state index contributed by atoms with van der Waals surface area (Å²) in [7, 11) is 0. The average Bonchev–Trinajstić information content (AvgIpc) is 2.64. The third kappa shape index (κ3) is 2.95. The van der Waals surface area contributed by atoms with Gasteiger partial charge in [0.1, 0.15) is 16.5 Å². The van der Waals surface area contributed by atoms with Crippen molar-refractivity contribution in [1.29, 1.82) is 0 Å². The Morgan fingerprint density at radius 3 is 2.83 bits per heavy atom. The Morgan fingerprint density at radius 1 is 1.56 bits per heavy atom. The number of carbonyl (C=O) groups is 1. The maximum Gasteiger partial charge on any atom is 0.240 e. The molecule has 1 aliphatic heterocycles. The van der Waals surface area contributed by atoms with E-state index < -0.39 is 0 Å². The van der Waals surface area contributed by atoms with Crippen molar-refractivity contribution in [2.75, 3.05) is 11.4 Å². The molecule has 0 spiro atoms. The summed E-state index contributed by atoms with van der Waals surface area (Å²) in [6.45, 7) is 4.96. The predicted molar refractivity (Wildman–Crippen MR) is 78.0 cm³/mol. The van der Waals surface area contributed by atoms with Crippen molar-refractivity contribution in [3.05, 3.63) is 22.3 Å². The molecule has 4 nitrogen and oxygen atoms in total. The fourth-order valence-corrected chi connectivity index (χ4v) is 2.64. The highest BCUT2D eigenvalue weighted by atomic mass is 79.9. The van der Waals surface area contributed by atoms with Crippen LogP contribution in [-0.4, -0.2) is 23.5 Å². The van der Waals surface area contributed by atoms with E-state index in [1.54, 1.807) is 0 Å². The third-order valence-electron chi connectivity index (χ3n) is 3.15. The van der Waals surface area contributed by atoms with Crippen molar-refractivity contribution in [1.82, 2.24) is 4.98 Å². The Kier molecular flexibility index (Phi) is 4.99. The van der Waals surface area contributed by atoms with Crippen molar-refractivity contribution in [2.24, 2.45) is 11.7 Å². The first-order valence-corrected chi connectivity index (χ1v) is 6.47. The van der Waals surface area contributed by atoms with Gasteiger partial charge in [-0.3, -0.25) is 4.79 Å². The summed E-state index contributed by atoms with van der Waals surface area (Å²) >= 11 is 3.36. The summed E-state index contributed by atoms with van der Waals surface area (Å²) in [6, 6.07) is 3.66. The number of pyridine rings is 1. The first-order chi connectivity index (χ1) is 7.99. The van der Waals surface area contributed by atoms with E-state index >= 15 is 0 Å². The number of halogens is 2. The number of anilines is 1. The number of amides is 1. The number of rotatable bonds is 2. The van der Waals surface area contributed by atoms with Gasteiger partial charge in [-0.15, -0.1) is 12.4 Å². The maximum atomic E-state index is 11.5. The number of hydrogen-bond acceptors (Lipinski definition) is 3. The highest BCUT2D eigenvalue weighted by Gasteiger charge is 2.34. The van der Waals surface area contributed by atoms with Crippen LogP contribution >= 0.6 is 28.3 Å². The molecule has 2 heterocycles. The molecular weight excluding hydrogens is 318 g/mol. The van der Waals surface area contributed by atoms with Crippen molar-refractivity contribution in [2.45, 2.75) is 26.3 Å². The van der Waals surface area contributed by atoms with Crippen LogP contribution < -0.4 is 10.6 Å². The molecule has 6 heteroatoms. The van der Waals surface area contributed by atoms with Crippen LogP contribution in [0.3, 0.4) is 0 Å². The minimum atomic E-state index is -0.268. The molecule has 0 aromatic carbocycles. The molecule has 2 atom stereocenters. The van der Waals surface area contributed by atoms with E-state index in [9.17, 15) is 4.79 Å². The molecule has 1 amide bonds. The van der Waals surface area contributed by atoms with E-state index in [4.69, 9.17) is 5.73 Å². The van der Waals surface area contributed by atoms with Crippen LogP contribution in [0.2, 0.25) is 0 Å². The standard InChI is InChI=1S/C12H16BrN3O.ClH/c1-7-5-9(11(14)17)16(6-7)12-8(2)3-4-10(13)15-12;/h3-4,7,9H,5-6H2,1-2H3,(H2,14,17);1H. The Balaban J connectivity index is 0.00000162. The van der Waals surface area contributed by atoms with Gasteiger partial charge in [0, 0.05) is 6.54 Å². The van der Waals surface area contributed by atoms with Gasteiger partial charge in [0.2, 0.25) is 5.91 Å². The molecule has 1 aliphatic rings. The van der Waals surface area contributed by atoms with E-state index in [0.717, 1.165) is 29.0 Å². The molecule has 0 radical (unpaired) electrons. The van der Waals surface area contributed by atoms with Gasteiger partial charge in [-0.05, 0) is 46.8 Å². The third-order valence-corrected chi connectivity index (χ3v) is 3.59. The Bertz CT molecular complexity index is 455. The topological polar surface area (TPSA) is 59.2 Å². The molecule has 100 valence electrons. The number of nitrogens with two attached hydrogens (primary N) is 1. The van der Waals surface area contributed by atoms with Crippen molar-refractivity contribution >= 4 is 40.1 Å². The maximum absolute atomic E-state index is 11.5. The first kappa shape index (κ1) is 15.2. The number of carbonyl (C=O) groups excluding carboxylic acids is 1. The second-order valence-corrected chi connectivity index (χ2v) is 5.50. The summed E-state index contributed by atoms with van der Waals surface area (Å²) in [5.41, 5.74) is 6.52. The van der Waals surface area contributed by atoms with E-state index in [0.29, 0.717) is 5.92 Å². The van der Waals surface area contributed by atoms with Gasteiger partial charge in [0.05, 0.1) is 0 Å². The van der Waals surface area contributed by atoms with E-state index in [-0.39, 0.29) is 24.4 Å². The van der Waals surface area contributed by atoms with Gasteiger partial charge in [0.15, 0.2) is 0 Å². The first-order valence-electron chi connectivity index (χ1n) is 5.68. The molecule has 1 saturated heterocycles.